The Morgan fingerprint density at radius 2 is 2.11 bits per heavy atom. The average molecular weight is 260 g/mol. The molecule has 4 heteroatoms. The minimum absolute atomic E-state index is 0.196. The van der Waals surface area contributed by atoms with Gasteiger partial charge in [0.1, 0.15) is 5.58 Å². The van der Waals surface area contributed by atoms with Crippen molar-refractivity contribution in [3.8, 4) is 0 Å². The minimum atomic E-state index is -0.347. The molecule has 0 N–H and O–H groups in total. The Morgan fingerprint density at radius 1 is 1.37 bits per heavy atom. The van der Waals surface area contributed by atoms with Crippen LogP contribution in [-0.4, -0.2) is 13.1 Å². The summed E-state index contributed by atoms with van der Waals surface area (Å²) in [6.45, 7) is 3.70. The monoisotopic (exact) mass is 260 g/mol. The maximum Gasteiger partial charge on any atom is 0.336 e. The van der Waals surface area contributed by atoms with Crippen LogP contribution in [0.1, 0.15) is 18.1 Å². The van der Waals surface area contributed by atoms with Crippen molar-refractivity contribution in [2.45, 2.75) is 20.3 Å². The van der Waals surface area contributed by atoms with E-state index in [9.17, 15) is 9.59 Å². The summed E-state index contributed by atoms with van der Waals surface area (Å²) in [5.74, 6) is -0.421. The van der Waals surface area contributed by atoms with Crippen LogP contribution < -0.4 is 5.63 Å². The lowest BCUT2D eigenvalue weighted by Gasteiger charge is -2.10. The lowest BCUT2D eigenvalue weighted by molar-refractivity contribution is -0.144. The number of carbonyl (C=O) groups is 1. The van der Waals surface area contributed by atoms with Crippen LogP contribution in [-0.2, 0) is 16.0 Å². The van der Waals surface area contributed by atoms with E-state index >= 15 is 0 Å². The van der Waals surface area contributed by atoms with Crippen LogP contribution in [0, 0.1) is 12.8 Å². The van der Waals surface area contributed by atoms with Gasteiger partial charge in [-0.3, -0.25) is 4.79 Å². The maximum atomic E-state index is 11.4. The van der Waals surface area contributed by atoms with Gasteiger partial charge in [0.05, 0.1) is 13.0 Å². The number of hydrogen-bond donors (Lipinski definition) is 0. The quantitative estimate of drug-likeness (QED) is 0.628. The van der Waals surface area contributed by atoms with Crippen LogP contribution in [0.4, 0.5) is 0 Å². The second kappa shape index (κ2) is 5.26. The van der Waals surface area contributed by atoms with Gasteiger partial charge in [-0.2, -0.15) is 0 Å². The third kappa shape index (κ3) is 2.84. The van der Waals surface area contributed by atoms with Gasteiger partial charge in [-0.1, -0.05) is 13.0 Å². The van der Waals surface area contributed by atoms with E-state index in [4.69, 9.17) is 9.15 Å². The highest BCUT2D eigenvalue weighted by atomic mass is 16.5. The predicted octanol–water partition coefficient (Wildman–Crippen LogP) is 2.45. The number of carbonyl (C=O) groups excluding carboxylic acids is 1. The van der Waals surface area contributed by atoms with Crippen molar-refractivity contribution in [1.29, 1.82) is 0 Å². The summed E-state index contributed by atoms with van der Waals surface area (Å²) >= 11 is 0. The fourth-order valence-corrected chi connectivity index (χ4v) is 2.13. The zero-order valence-corrected chi connectivity index (χ0v) is 11.2. The van der Waals surface area contributed by atoms with Gasteiger partial charge in [0.15, 0.2) is 0 Å². The standard InChI is InChI=1S/C15H16O4/c1-9-7-14(16)19-13-5-4-11(8-12(9)13)6-10(2)15(17)18-3/h4-5,7-8,10H,6H2,1-3H3/t10-/m0/s1. The molecule has 1 aromatic carbocycles. The summed E-state index contributed by atoms with van der Waals surface area (Å²) in [4.78, 5) is 22.7. The summed E-state index contributed by atoms with van der Waals surface area (Å²) in [5.41, 5.74) is 2.11. The molecule has 0 aliphatic rings. The van der Waals surface area contributed by atoms with E-state index in [0.717, 1.165) is 16.5 Å². The summed E-state index contributed by atoms with van der Waals surface area (Å²) in [6, 6.07) is 7.05. The fraction of sp³-hybridized carbons (Fsp3) is 0.333. The topological polar surface area (TPSA) is 56.5 Å². The molecule has 0 amide bonds. The van der Waals surface area contributed by atoms with Crippen molar-refractivity contribution >= 4 is 16.9 Å². The summed E-state index contributed by atoms with van der Waals surface area (Å²) in [7, 11) is 1.39. The van der Waals surface area contributed by atoms with E-state index in [0.29, 0.717) is 12.0 Å². The van der Waals surface area contributed by atoms with Crippen molar-refractivity contribution in [2.24, 2.45) is 5.92 Å². The minimum Gasteiger partial charge on any atom is -0.469 e. The summed E-state index contributed by atoms with van der Waals surface area (Å²) in [5, 5.41) is 0.897. The molecule has 4 nitrogen and oxygen atoms in total. The Kier molecular flexibility index (Phi) is 3.69. The Bertz CT molecular complexity index is 669. The second-order valence-corrected chi connectivity index (χ2v) is 4.71. The molecule has 0 radical (unpaired) electrons. The molecule has 1 aromatic heterocycles. The van der Waals surface area contributed by atoms with E-state index in [1.807, 2.05) is 26.0 Å². The number of aryl methyl sites for hydroxylation is 1. The van der Waals surface area contributed by atoms with Gasteiger partial charge in [-0.15, -0.1) is 0 Å². The molecule has 1 heterocycles. The number of esters is 1. The van der Waals surface area contributed by atoms with Crippen molar-refractivity contribution in [2.75, 3.05) is 7.11 Å². The van der Waals surface area contributed by atoms with Crippen molar-refractivity contribution in [3.05, 3.63) is 45.8 Å². The molecule has 0 unspecified atom stereocenters. The van der Waals surface area contributed by atoms with Crippen LogP contribution in [0.5, 0.6) is 0 Å². The highest BCUT2D eigenvalue weighted by Crippen LogP contribution is 2.20. The zero-order valence-electron chi connectivity index (χ0n) is 11.2. The molecule has 0 aliphatic carbocycles. The normalized spacial score (nSPS) is 12.4. The van der Waals surface area contributed by atoms with E-state index in [-0.39, 0.29) is 17.5 Å². The molecule has 0 aliphatic heterocycles. The van der Waals surface area contributed by atoms with Crippen LogP contribution in [0.25, 0.3) is 11.0 Å². The van der Waals surface area contributed by atoms with Crippen LogP contribution in [0.2, 0.25) is 0 Å². The van der Waals surface area contributed by atoms with Gasteiger partial charge in [0.25, 0.3) is 0 Å². The first-order chi connectivity index (χ1) is 9.01. The van der Waals surface area contributed by atoms with Crippen molar-refractivity contribution < 1.29 is 13.9 Å². The van der Waals surface area contributed by atoms with Crippen molar-refractivity contribution in [1.82, 2.24) is 0 Å². The molecule has 2 rings (SSSR count). The highest BCUT2D eigenvalue weighted by molar-refractivity contribution is 5.81. The fourth-order valence-electron chi connectivity index (χ4n) is 2.13. The molecule has 0 bridgehead atoms. The molecule has 0 saturated heterocycles. The number of rotatable bonds is 3. The zero-order chi connectivity index (χ0) is 14.0. The maximum absolute atomic E-state index is 11.4. The summed E-state index contributed by atoms with van der Waals surface area (Å²) in [6.07, 6.45) is 0.598. The average Bonchev–Trinajstić information content (AvgIpc) is 2.38. The first kappa shape index (κ1) is 13.3. The Morgan fingerprint density at radius 3 is 2.79 bits per heavy atom. The van der Waals surface area contributed by atoms with Gasteiger partial charge in [0.2, 0.25) is 0 Å². The molecule has 0 fully saturated rings. The molecular formula is C15H16O4. The van der Waals surface area contributed by atoms with Crippen molar-refractivity contribution in [3.63, 3.8) is 0 Å². The molecule has 2 aromatic rings. The largest absolute Gasteiger partial charge is 0.469 e. The highest BCUT2D eigenvalue weighted by Gasteiger charge is 2.14. The number of methoxy groups -OCH3 is 1. The third-order valence-corrected chi connectivity index (χ3v) is 3.16. The summed E-state index contributed by atoms with van der Waals surface area (Å²) < 4.78 is 9.84. The van der Waals surface area contributed by atoms with E-state index in [1.54, 1.807) is 6.07 Å². The lowest BCUT2D eigenvalue weighted by atomic mass is 9.99. The van der Waals surface area contributed by atoms with Gasteiger partial charge in [-0.25, -0.2) is 4.79 Å². The molecule has 100 valence electrons. The SMILES string of the molecule is COC(=O)[C@@H](C)Cc1ccc2oc(=O)cc(C)c2c1. The number of ether oxygens (including phenoxy) is 1. The van der Waals surface area contributed by atoms with E-state index in [1.165, 1.54) is 13.2 Å². The molecule has 0 saturated carbocycles. The first-order valence-corrected chi connectivity index (χ1v) is 6.12. The molecule has 0 spiro atoms. The van der Waals surface area contributed by atoms with Crippen LogP contribution in [0.3, 0.4) is 0 Å². The third-order valence-electron chi connectivity index (χ3n) is 3.16. The number of benzene rings is 1. The van der Waals surface area contributed by atoms with Gasteiger partial charge >= 0.3 is 11.6 Å². The van der Waals surface area contributed by atoms with Gasteiger partial charge in [0, 0.05) is 11.5 Å². The second-order valence-electron chi connectivity index (χ2n) is 4.71. The molecule has 19 heavy (non-hydrogen) atoms. The van der Waals surface area contributed by atoms with E-state index < -0.39 is 0 Å². The first-order valence-electron chi connectivity index (χ1n) is 6.12. The van der Waals surface area contributed by atoms with Crippen LogP contribution in [0.15, 0.2) is 33.5 Å². The number of hydrogen-bond acceptors (Lipinski definition) is 4. The lowest BCUT2D eigenvalue weighted by Crippen LogP contribution is -2.15. The smallest absolute Gasteiger partial charge is 0.336 e. The Labute approximate surface area is 111 Å². The Balaban J connectivity index is 2.37. The van der Waals surface area contributed by atoms with E-state index in [2.05, 4.69) is 0 Å². The van der Waals surface area contributed by atoms with Gasteiger partial charge in [-0.05, 0) is 36.6 Å². The molecule has 1 atom stereocenters. The Hall–Kier alpha value is -2.10. The molecular weight excluding hydrogens is 244 g/mol. The van der Waals surface area contributed by atoms with Gasteiger partial charge < -0.3 is 9.15 Å². The van der Waals surface area contributed by atoms with Crippen LogP contribution >= 0.6 is 0 Å². The number of fused-ring (bicyclic) bond motifs is 1. The predicted molar refractivity (Wildman–Crippen MR) is 72.1 cm³/mol.